The van der Waals surface area contributed by atoms with Crippen molar-refractivity contribution in [2.75, 3.05) is 26.2 Å². The Hall–Kier alpha value is -1.70. The van der Waals surface area contributed by atoms with Crippen molar-refractivity contribution in [3.8, 4) is 0 Å². The van der Waals surface area contributed by atoms with Gasteiger partial charge in [-0.05, 0) is 6.92 Å². The molecule has 1 atom stereocenters. The number of carbonyl (C=O) groups excluding carboxylic acids is 2. The second-order valence-corrected chi connectivity index (χ2v) is 4.06. The normalized spacial score (nSPS) is 21.1. The maximum absolute atomic E-state index is 11.2. The van der Waals surface area contributed by atoms with Crippen LogP contribution in [-0.4, -0.2) is 59.1 Å². The Bertz CT molecular complexity index is 322. The molecule has 1 aliphatic heterocycles. The van der Waals surface area contributed by atoms with Crippen LogP contribution in [0.1, 0.15) is 13.8 Å². The van der Waals surface area contributed by atoms with Gasteiger partial charge in [0, 0.05) is 32.6 Å². The third-order valence-corrected chi connectivity index (χ3v) is 2.73. The lowest BCUT2D eigenvalue weighted by molar-refractivity contribution is -0.144. The molecule has 2 N–H and O–H groups in total. The molecule has 0 aliphatic carbocycles. The van der Waals surface area contributed by atoms with Crippen LogP contribution in [-0.2, 0) is 9.59 Å². The van der Waals surface area contributed by atoms with Crippen LogP contribution in [0.15, 0.2) is 5.29 Å². The molecule has 1 rings (SSSR count). The Balaban J connectivity index is 2.63. The Morgan fingerprint density at radius 3 is 2.53 bits per heavy atom. The average molecular weight is 243 g/mol. The predicted molar refractivity (Wildman–Crippen MR) is 60.1 cm³/mol. The molecule has 17 heavy (non-hydrogen) atoms. The van der Waals surface area contributed by atoms with Crippen molar-refractivity contribution in [2.45, 2.75) is 19.9 Å². The first-order valence-electron chi connectivity index (χ1n) is 5.37. The standard InChI is InChI=1S/C9H17N5O3/c1-7-5-12(8(2)15)3-4-13(7)14(11-17)6-9(10)16/h7H,3-6H2,1-2H3,(H2,10,16). The lowest BCUT2D eigenvalue weighted by Crippen LogP contribution is -2.58. The van der Waals surface area contributed by atoms with Crippen LogP contribution < -0.4 is 5.73 Å². The topological polar surface area (TPSA) is 99.3 Å². The molecule has 0 spiro atoms. The molecule has 0 bridgehead atoms. The van der Waals surface area contributed by atoms with Crippen molar-refractivity contribution in [3.05, 3.63) is 4.91 Å². The number of carbonyl (C=O) groups is 2. The number of rotatable bonds is 4. The predicted octanol–water partition coefficient (Wildman–Crippen LogP) is -1.08. The number of hydrogen-bond acceptors (Lipinski definition) is 5. The van der Waals surface area contributed by atoms with Crippen molar-refractivity contribution in [3.63, 3.8) is 0 Å². The summed E-state index contributed by atoms with van der Waals surface area (Å²) in [4.78, 5) is 34.3. The van der Waals surface area contributed by atoms with Crippen molar-refractivity contribution >= 4 is 11.8 Å². The lowest BCUT2D eigenvalue weighted by atomic mass is 10.2. The Labute approximate surface area is 99.2 Å². The van der Waals surface area contributed by atoms with E-state index >= 15 is 0 Å². The molecule has 0 radical (unpaired) electrons. The summed E-state index contributed by atoms with van der Waals surface area (Å²) in [6, 6.07) is -0.0790. The summed E-state index contributed by atoms with van der Waals surface area (Å²) in [5, 5.41) is 5.45. The van der Waals surface area contributed by atoms with E-state index in [-0.39, 0.29) is 18.5 Å². The smallest absolute Gasteiger partial charge is 0.240 e. The Morgan fingerprint density at radius 1 is 1.47 bits per heavy atom. The van der Waals surface area contributed by atoms with E-state index in [2.05, 4.69) is 5.29 Å². The second-order valence-electron chi connectivity index (χ2n) is 4.06. The van der Waals surface area contributed by atoms with Gasteiger partial charge in [-0.3, -0.25) is 9.59 Å². The van der Waals surface area contributed by atoms with Crippen LogP contribution in [0.25, 0.3) is 0 Å². The number of piperazine rings is 1. The van der Waals surface area contributed by atoms with E-state index < -0.39 is 5.91 Å². The number of amides is 2. The van der Waals surface area contributed by atoms with E-state index in [0.717, 1.165) is 5.12 Å². The number of primary amides is 1. The van der Waals surface area contributed by atoms with Gasteiger partial charge in [0.15, 0.2) is 0 Å². The monoisotopic (exact) mass is 243 g/mol. The highest BCUT2D eigenvalue weighted by Gasteiger charge is 2.29. The van der Waals surface area contributed by atoms with Gasteiger partial charge in [-0.2, -0.15) is 10.1 Å². The van der Waals surface area contributed by atoms with E-state index in [9.17, 15) is 14.5 Å². The first-order valence-corrected chi connectivity index (χ1v) is 5.37. The van der Waals surface area contributed by atoms with Crippen LogP contribution in [0.2, 0.25) is 0 Å². The molecule has 1 unspecified atom stereocenters. The second kappa shape index (κ2) is 5.58. The maximum Gasteiger partial charge on any atom is 0.240 e. The van der Waals surface area contributed by atoms with Gasteiger partial charge in [0.25, 0.3) is 0 Å². The first kappa shape index (κ1) is 13.4. The Morgan fingerprint density at radius 2 is 2.12 bits per heavy atom. The highest BCUT2D eigenvalue weighted by Crippen LogP contribution is 2.12. The minimum absolute atomic E-state index is 0.00277. The van der Waals surface area contributed by atoms with Crippen LogP contribution in [0, 0.1) is 4.91 Å². The van der Waals surface area contributed by atoms with E-state index in [0.29, 0.717) is 19.6 Å². The fraction of sp³-hybridized carbons (Fsp3) is 0.778. The minimum Gasteiger partial charge on any atom is -0.368 e. The number of nitrogens with two attached hydrogens (primary N) is 1. The van der Waals surface area contributed by atoms with Gasteiger partial charge in [-0.15, -0.1) is 4.91 Å². The zero-order chi connectivity index (χ0) is 13.0. The third kappa shape index (κ3) is 3.38. The molecule has 1 saturated heterocycles. The first-order chi connectivity index (χ1) is 7.95. The van der Waals surface area contributed by atoms with Gasteiger partial charge in [0.05, 0.1) is 5.29 Å². The molecule has 8 heteroatoms. The molecular formula is C9H17N5O3. The highest BCUT2D eigenvalue weighted by molar-refractivity contribution is 5.75. The van der Waals surface area contributed by atoms with Gasteiger partial charge in [0.2, 0.25) is 11.8 Å². The largest absolute Gasteiger partial charge is 0.368 e. The fourth-order valence-corrected chi connectivity index (χ4v) is 1.88. The van der Waals surface area contributed by atoms with Gasteiger partial charge in [-0.1, -0.05) is 0 Å². The molecule has 1 fully saturated rings. The molecular weight excluding hydrogens is 226 g/mol. The van der Waals surface area contributed by atoms with Crippen molar-refractivity contribution in [2.24, 2.45) is 11.0 Å². The van der Waals surface area contributed by atoms with Crippen molar-refractivity contribution in [1.29, 1.82) is 0 Å². The Kier molecular flexibility index (Phi) is 4.38. The summed E-state index contributed by atoms with van der Waals surface area (Å²) >= 11 is 0. The van der Waals surface area contributed by atoms with Crippen LogP contribution in [0.4, 0.5) is 0 Å². The summed E-state index contributed by atoms with van der Waals surface area (Å²) in [6.45, 7) is 4.58. The molecule has 0 aromatic heterocycles. The molecule has 1 aliphatic rings. The summed E-state index contributed by atoms with van der Waals surface area (Å²) in [7, 11) is 0. The summed E-state index contributed by atoms with van der Waals surface area (Å²) in [6.07, 6.45) is 0. The number of nitrogens with zero attached hydrogens (tertiary/aromatic N) is 4. The quantitative estimate of drug-likeness (QED) is 0.500. The fourth-order valence-electron chi connectivity index (χ4n) is 1.88. The van der Waals surface area contributed by atoms with Gasteiger partial charge >= 0.3 is 0 Å². The van der Waals surface area contributed by atoms with Crippen LogP contribution in [0.5, 0.6) is 0 Å². The molecule has 0 aromatic carbocycles. The zero-order valence-electron chi connectivity index (χ0n) is 10.00. The van der Waals surface area contributed by atoms with E-state index in [1.165, 1.54) is 6.92 Å². The minimum atomic E-state index is -0.620. The molecule has 0 saturated carbocycles. The zero-order valence-corrected chi connectivity index (χ0v) is 10.00. The molecule has 8 nitrogen and oxygen atoms in total. The SMILES string of the molecule is CC(=O)N1CCN(N(CC(N)=O)N=O)C(C)C1. The molecule has 1 heterocycles. The van der Waals surface area contributed by atoms with Gasteiger partial charge in [-0.25, -0.2) is 0 Å². The number of nitroso groups, excluding NO2 is 1. The third-order valence-electron chi connectivity index (χ3n) is 2.73. The highest BCUT2D eigenvalue weighted by atomic mass is 16.3. The summed E-state index contributed by atoms with van der Waals surface area (Å²) in [5.74, 6) is -0.622. The molecule has 2 amide bonds. The van der Waals surface area contributed by atoms with Crippen molar-refractivity contribution < 1.29 is 9.59 Å². The van der Waals surface area contributed by atoms with E-state index in [1.54, 1.807) is 9.91 Å². The van der Waals surface area contributed by atoms with Crippen LogP contribution in [0.3, 0.4) is 0 Å². The summed E-state index contributed by atoms with van der Waals surface area (Å²) < 4.78 is 0. The average Bonchev–Trinajstić information content (AvgIpc) is 2.25. The van der Waals surface area contributed by atoms with Crippen molar-refractivity contribution in [1.82, 2.24) is 15.0 Å². The summed E-state index contributed by atoms with van der Waals surface area (Å²) in [5.41, 5.74) is 5.03. The maximum atomic E-state index is 11.2. The lowest BCUT2D eigenvalue weighted by Gasteiger charge is -2.41. The van der Waals surface area contributed by atoms with E-state index in [1.807, 2.05) is 6.92 Å². The molecule has 96 valence electrons. The van der Waals surface area contributed by atoms with E-state index in [4.69, 9.17) is 5.73 Å². The molecule has 0 aromatic rings. The van der Waals surface area contributed by atoms with Crippen LogP contribution >= 0.6 is 0 Å². The van der Waals surface area contributed by atoms with Gasteiger partial charge < -0.3 is 10.6 Å². The van der Waals surface area contributed by atoms with Gasteiger partial charge in [0.1, 0.15) is 6.54 Å². The number of hydrogen-bond donors (Lipinski definition) is 1. The number of hydrazine groups is 1.